The highest BCUT2D eigenvalue weighted by atomic mass is 16.3. The lowest BCUT2D eigenvalue weighted by Crippen LogP contribution is -2.52. The normalized spacial score (nSPS) is 28.0. The Bertz CT molecular complexity index is 398. The lowest BCUT2D eigenvalue weighted by atomic mass is 9.90. The first-order valence-electron chi connectivity index (χ1n) is 8.10. The third-order valence-electron chi connectivity index (χ3n) is 4.64. The maximum Gasteiger partial charge on any atom is 0.225 e. The minimum absolute atomic E-state index is 0.00936. The van der Waals surface area contributed by atoms with Crippen molar-refractivity contribution in [3.63, 3.8) is 0 Å². The summed E-state index contributed by atoms with van der Waals surface area (Å²) in [5.41, 5.74) is -0.748. The van der Waals surface area contributed by atoms with Crippen LogP contribution in [0.15, 0.2) is 0 Å². The van der Waals surface area contributed by atoms with Crippen molar-refractivity contribution in [2.45, 2.75) is 52.1 Å². The Morgan fingerprint density at radius 3 is 2.29 bits per heavy atom. The quantitative estimate of drug-likeness (QED) is 0.834. The highest BCUT2D eigenvalue weighted by Crippen LogP contribution is 2.25. The number of aliphatic hydroxyl groups is 1. The Balaban J connectivity index is 1.87. The SMILES string of the molecule is CC(C)C(=O)N1CCC(C(=O)N2CCCC(C)(O)C2)CC1. The highest BCUT2D eigenvalue weighted by molar-refractivity contribution is 5.81. The molecule has 2 aliphatic rings. The van der Waals surface area contributed by atoms with Gasteiger partial charge in [-0.2, -0.15) is 0 Å². The minimum atomic E-state index is -0.748. The van der Waals surface area contributed by atoms with Crippen LogP contribution in [0, 0.1) is 11.8 Å². The zero-order chi connectivity index (χ0) is 15.6. The summed E-state index contributed by atoms with van der Waals surface area (Å²) >= 11 is 0. The lowest BCUT2D eigenvalue weighted by Gasteiger charge is -2.40. The number of likely N-dealkylation sites (tertiary alicyclic amines) is 2. The van der Waals surface area contributed by atoms with Crippen molar-refractivity contribution in [1.82, 2.24) is 9.80 Å². The molecule has 0 spiro atoms. The minimum Gasteiger partial charge on any atom is -0.388 e. The van der Waals surface area contributed by atoms with E-state index < -0.39 is 5.60 Å². The number of β-amino-alcohol motifs (C(OH)–C–C–N with tert-alkyl or cyclic N) is 1. The standard InChI is InChI=1S/C16H28N2O3/c1-12(2)14(19)17-9-5-13(6-10-17)15(20)18-8-4-7-16(3,21)11-18/h12-13,21H,4-11H2,1-3H3. The van der Waals surface area contributed by atoms with Gasteiger partial charge in [-0.15, -0.1) is 0 Å². The number of nitrogens with zero attached hydrogens (tertiary/aromatic N) is 2. The van der Waals surface area contributed by atoms with Crippen molar-refractivity contribution >= 4 is 11.8 Å². The number of amides is 2. The molecule has 21 heavy (non-hydrogen) atoms. The molecule has 0 radical (unpaired) electrons. The monoisotopic (exact) mass is 296 g/mol. The van der Waals surface area contributed by atoms with E-state index in [0.717, 1.165) is 32.2 Å². The van der Waals surface area contributed by atoms with Gasteiger partial charge in [-0.25, -0.2) is 0 Å². The van der Waals surface area contributed by atoms with Crippen molar-refractivity contribution in [1.29, 1.82) is 0 Å². The first kappa shape index (κ1) is 16.3. The molecule has 0 aliphatic carbocycles. The van der Waals surface area contributed by atoms with Crippen molar-refractivity contribution in [2.75, 3.05) is 26.2 Å². The largest absolute Gasteiger partial charge is 0.388 e. The number of carbonyl (C=O) groups is 2. The number of rotatable bonds is 2. The van der Waals surface area contributed by atoms with E-state index in [1.54, 1.807) is 6.92 Å². The summed E-state index contributed by atoms with van der Waals surface area (Å²) in [6, 6.07) is 0. The molecule has 1 N–H and O–H groups in total. The zero-order valence-electron chi connectivity index (χ0n) is 13.5. The van der Waals surface area contributed by atoms with Gasteiger partial charge in [-0.1, -0.05) is 13.8 Å². The maximum atomic E-state index is 12.6. The molecule has 0 aromatic rings. The summed E-state index contributed by atoms with van der Waals surface area (Å²) < 4.78 is 0. The van der Waals surface area contributed by atoms with E-state index in [1.165, 1.54) is 0 Å². The molecule has 0 bridgehead atoms. The molecule has 2 aliphatic heterocycles. The summed E-state index contributed by atoms with van der Waals surface area (Å²) in [7, 11) is 0. The van der Waals surface area contributed by atoms with Gasteiger partial charge in [0, 0.05) is 38.0 Å². The predicted octanol–water partition coefficient (Wildman–Crippen LogP) is 1.25. The molecule has 2 amide bonds. The molecule has 5 heteroatoms. The van der Waals surface area contributed by atoms with Crippen LogP contribution in [0.4, 0.5) is 0 Å². The van der Waals surface area contributed by atoms with Crippen molar-refractivity contribution in [3.05, 3.63) is 0 Å². The predicted molar refractivity (Wildman–Crippen MR) is 80.6 cm³/mol. The average Bonchev–Trinajstić information content (AvgIpc) is 2.44. The van der Waals surface area contributed by atoms with Crippen LogP contribution in [0.3, 0.4) is 0 Å². The Kier molecular flexibility index (Phi) is 4.91. The van der Waals surface area contributed by atoms with Crippen LogP contribution in [-0.2, 0) is 9.59 Å². The molecular weight excluding hydrogens is 268 g/mol. The Labute approximate surface area is 127 Å². The summed E-state index contributed by atoms with van der Waals surface area (Å²) in [6.45, 7) is 8.17. The zero-order valence-corrected chi connectivity index (χ0v) is 13.5. The molecule has 2 fully saturated rings. The first-order chi connectivity index (χ1) is 9.80. The number of piperidine rings is 2. The van der Waals surface area contributed by atoms with Crippen LogP contribution in [-0.4, -0.2) is 58.5 Å². The van der Waals surface area contributed by atoms with E-state index in [2.05, 4.69) is 0 Å². The van der Waals surface area contributed by atoms with Gasteiger partial charge in [0.2, 0.25) is 11.8 Å². The van der Waals surface area contributed by atoms with Gasteiger partial charge in [0.1, 0.15) is 0 Å². The van der Waals surface area contributed by atoms with Gasteiger partial charge in [0.15, 0.2) is 0 Å². The number of hydrogen-bond acceptors (Lipinski definition) is 3. The average molecular weight is 296 g/mol. The van der Waals surface area contributed by atoms with Gasteiger partial charge in [0.25, 0.3) is 0 Å². The summed E-state index contributed by atoms with van der Waals surface area (Å²) in [4.78, 5) is 28.2. The fourth-order valence-electron chi connectivity index (χ4n) is 3.38. The van der Waals surface area contributed by atoms with Crippen LogP contribution in [0.25, 0.3) is 0 Å². The molecule has 1 atom stereocenters. The van der Waals surface area contributed by atoms with Crippen LogP contribution in [0.1, 0.15) is 46.5 Å². The van der Waals surface area contributed by atoms with Crippen LogP contribution in [0.2, 0.25) is 0 Å². The summed E-state index contributed by atoms with van der Waals surface area (Å²) in [5, 5.41) is 10.1. The van der Waals surface area contributed by atoms with Crippen molar-refractivity contribution in [3.8, 4) is 0 Å². The van der Waals surface area contributed by atoms with E-state index in [1.807, 2.05) is 23.6 Å². The molecule has 1 unspecified atom stereocenters. The number of carbonyl (C=O) groups excluding carboxylic acids is 2. The van der Waals surface area contributed by atoms with Crippen molar-refractivity contribution in [2.24, 2.45) is 11.8 Å². The summed E-state index contributed by atoms with van der Waals surface area (Å²) in [5.74, 6) is 0.373. The number of hydrogen-bond donors (Lipinski definition) is 1. The van der Waals surface area contributed by atoms with Crippen molar-refractivity contribution < 1.29 is 14.7 Å². The first-order valence-corrected chi connectivity index (χ1v) is 8.10. The van der Waals surface area contributed by atoms with Gasteiger partial charge in [-0.05, 0) is 32.6 Å². The molecular formula is C16H28N2O3. The van der Waals surface area contributed by atoms with E-state index in [4.69, 9.17) is 0 Å². The Morgan fingerprint density at radius 2 is 1.76 bits per heavy atom. The Morgan fingerprint density at radius 1 is 1.14 bits per heavy atom. The van der Waals surface area contributed by atoms with Gasteiger partial charge < -0.3 is 14.9 Å². The fraction of sp³-hybridized carbons (Fsp3) is 0.875. The van der Waals surface area contributed by atoms with E-state index in [9.17, 15) is 14.7 Å². The van der Waals surface area contributed by atoms with Gasteiger partial charge >= 0.3 is 0 Å². The molecule has 2 rings (SSSR count). The summed E-state index contributed by atoms with van der Waals surface area (Å²) in [6.07, 6.45) is 3.12. The molecule has 5 nitrogen and oxygen atoms in total. The maximum absolute atomic E-state index is 12.6. The van der Waals surface area contributed by atoms with Crippen LogP contribution >= 0.6 is 0 Å². The lowest BCUT2D eigenvalue weighted by molar-refractivity contribution is -0.146. The second-order valence-corrected chi connectivity index (χ2v) is 7.11. The van der Waals surface area contributed by atoms with E-state index >= 15 is 0 Å². The third-order valence-corrected chi connectivity index (χ3v) is 4.64. The molecule has 0 saturated carbocycles. The topological polar surface area (TPSA) is 60.9 Å². The molecule has 2 saturated heterocycles. The second-order valence-electron chi connectivity index (χ2n) is 7.11. The van der Waals surface area contributed by atoms with Crippen LogP contribution in [0.5, 0.6) is 0 Å². The molecule has 2 heterocycles. The van der Waals surface area contributed by atoms with Gasteiger partial charge in [0.05, 0.1) is 5.60 Å². The van der Waals surface area contributed by atoms with E-state index in [-0.39, 0.29) is 23.7 Å². The highest BCUT2D eigenvalue weighted by Gasteiger charge is 2.35. The fourth-order valence-corrected chi connectivity index (χ4v) is 3.38. The second kappa shape index (κ2) is 6.34. The van der Waals surface area contributed by atoms with E-state index in [0.29, 0.717) is 19.6 Å². The molecule has 120 valence electrons. The smallest absolute Gasteiger partial charge is 0.225 e. The third kappa shape index (κ3) is 3.96. The molecule has 0 aromatic heterocycles. The Hall–Kier alpha value is -1.10. The molecule has 0 aromatic carbocycles. The van der Waals surface area contributed by atoms with Gasteiger partial charge in [-0.3, -0.25) is 9.59 Å². The van der Waals surface area contributed by atoms with Crippen LogP contribution < -0.4 is 0 Å².